The molecule has 1 aromatic rings. The molecular weight excluding hydrogens is 184 g/mol. The van der Waals surface area contributed by atoms with Crippen LogP contribution in [-0.4, -0.2) is 5.78 Å². The van der Waals surface area contributed by atoms with E-state index in [-0.39, 0.29) is 0 Å². The maximum Gasteiger partial charge on any atom is 0.159 e. The van der Waals surface area contributed by atoms with Gasteiger partial charge in [0.05, 0.1) is 0 Å². The maximum atomic E-state index is 11.7. The number of rotatable bonds is 1. The number of carbonyl (C=O) groups is 1. The van der Waals surface area contributed by atoms with Crippen LogP contribution in [0.25, 0.3) is 6.08 Å². The van der Waals surface area contributed by atoms with Crippen LogP contribution in [0.15, 0.2) is 35.9 Å². The minimum absolute atomic E-state index is 0.331. The summed E-state index contributed by atoms with van der Waals surface area (Å²) in [5.74, 6) is 0.754. The largest absolute Gasteiger partial charge is 0.295 e. The van der Waals surface area contributed by atoms with Gasteiger partial charge in [0.15, 0.2) is 5.78 Å². The second-order valence-corrected chi connectivity index (χ2v) is 4.23. The van der Waals surface area contributed by atoms with Crippen molar-refractivity contribution < 1.29 is 4.79 Å². The van der Waals surface area contributed by atoms with Crippen LogP contribution in [0.3, 0.4) is 0 Å². The minimum atomic E-state index is 0.331. The highest BCUT2D eigenvalue weighted by atomic mass is 16.1. The van der Waals surface area contributed by atoms with Crippen LogP contribution in [0, 0.1) is 5.92 Å². The number of benzene rings is 1. The van der Waals surface area contributed by atoms with Crippen molar-refractivity contribution in [2.75, 3.05) is 0 Å². The number of Topliss-reactive ketones (excluding diaryl/α,β-unsaturated/α-hetero) is 1. The standard InChI is InChI=1S/C14H16O/c1-11-6-5-9-14(15)13(11)10-12-7-3-2-4-8-12/h2-4,7-8,10-11H,5-6,9H2,1H3. The van der Waals surface area contributed by atoms with Crippen molar-refractivity contribution in [3.8, 4) is 0 Å². The molecule has 1 aliphatic rings. The van der Waals surface area contributed by atoms with E-state index in [0.717, 1.165) is 30.4 Å². The van der Waals surface area contributed by atoms with Crippen molar-refractivity contribution in [3.63, 3.8) is 0 Å². The number of allylic oxidation sites excluding steroid dienone is 1. The highest BCUT2D eigenvalue weighted by molar-refractivity contribution is 6.00. The highest BCUT2D eigenvalue weighted by Gasteiger charge is 2.21. The van der Waals surface area contributed by atoms with E-state index in [1.165, 1.54) is 0 Å². The predicted octanol–water partition coefficient (Wildman–Crippen LogP) is 3.46. The first kappa shape index (κ1) is 10.2. The van der Waals surface area contributed by atoms with E-state index < -0.39 is 0 Å². The zero-order chi connectivity index (χ0) is 10.7. The predicted molar refractivity (Wildman–Crippen MR) is 62.4 cm³/mol. The van der Waals surface area contributed by atoms with Crippen molar-refractivity contribution in [1.82, 2.24) is 0 Å². The molecule has 1 aromatic carbocycles. The SMILES string of the molecule is CC1CCCC(=O)C1=Cc1ccccc1. The van der Waals surface area contributed by atoms with Crippen LogP contribution in [0.1, 0.15) is 31.7 Å². The Labute approximate surface area is 90.8 Å². The molecule has 0 spiro atoms. The maximum absolute atomic E-state index is 11.7. The summed E-state index contributed by atoms with van der Waals surface area (Å²) >= 11 is 0. The smallest absolute Gasteiger partial charge is 0.159 e. The van der Waals surface area contributed by atoms with E-state index in [4.69, 9.17) is 0 Å². The Morgan fingerprint density at radius 1 is 1.27 bits per heavy atom. The van der Waals surface area contributed by atoms with Crippen LogP contribution in [0.5, 0.6) is 0 Å². The van der Waals surface area contributed by atoms with Crippen molar-refractivity contribution in [2.24, 2.45) is 5.92 Å². The van der Waals surface area contributed by atoms with Crippen molar-refractivity contribution in [2.45, 2.75) is 26.2 Å². The fourth-order valence-corrected chi connectivity index (χ4v) is 2.10. The Bertz CT molecular complexity index is 376. The van der Waals surface area contributed by atoms with E-state index in [2.05, 4.69) is 6.92 Å². The lowest BCUT2D eigenvalue weighted by atomic mass is 9.83. The molecule has 0 heterocycles. The lowest BCUT2D eigenvalue weighted by Crippen LogP contribution is -2.16. The lowest BCUT2D eigenvalue weighted by molar-refractivity contribution is -0.116. The molecule has 15 heavy (non-hydrogen) atoms. The van der Waals surface area contributed by atoms with E-state index in [1.807, 2.05) is 36.4 Å². The summed E-state index contributed by atoms with van der Waals surface area (Å²) in [6, 6.07) is 10.1. The average molecular weight is 200 g/mol. The fraction of sp³-hybridized carbons (Fsp3) is 0.357. The zero-order valence-corrected chi connectivity index (χ0v) is 9.07. The Morgan fingerprint density at radius 2 is 2.00 bits per heavy atom. The summed E-state index contributed by atoms with van der Waals surface area (Å²) in [5.41, 5.74) is 2.14. The number of hydrogen-bond acceptors (Lipinski definition) is 1. The third-order valence-electron chi connectivity index (χ3n) is 3.02. The van der Waals surface area contributed by atoms with Gasteiger partial charge in [0, 0.05) is 6.42 Å². The Balaban J connectivity index is 2.28. The first-order chi connectivity index (χ1) is 7.27. The molecule has 2 rings (SSSR count). The molecule has 0 bridgehead atoms. The van der Waals surface area contributed by atoms with Gasteiger partial charge >= 0.3 is 0 Å². The lowest BCUT2D eigenvalue weighted by Gasteiger charge is -2.20. The van der Waals surface area contributed by atoms with Gasteiger partial charge < -0.3 is 0 Å². The minimum Gasteiger partial charge on any atom is -0.295 e. The fourth-order valence-electron chi connectivity index (χ4n) is 2.10. The first-order valence-corrected chi connectivity index (χ1v) is 5.57. The molecule has 1 fully saturated rings. The quantitative estimate of drug-likeness (QED) is 0.634. The number of hydrogen-bond donors (Lipinski definition) is 0. The third kappa shape index (κ3) is 2.35. The molecule has 0 saturated heterocycles. The van der Waals surface area contributed by atoms with E-state index in [0.29, 0.717) is 11.7 Å². The second kappa shape index (κ2) is 4.43. The Morgan fingerprint density at radius 3 is 2.67 bits per heavy atom. The van der Waals surface area contributed by atoms with Crippen LogP contribution in [-0.2, 0) is 4.79 Å². The van der Waals surface area contributed by atoms with E-state index >= 15 is 0 Å². The van der Waals surface area contributed by atoms with Crippen LogP contribution in [0.2, 0.25) is 0 Å². The Kier molecular flexibility index (Phi) is 3.00. The van der Waals surface area contributed by atoms with Gasteiger partial charge in [-0.25, -0.2) is 0 Å². The topological polar surface area (TPSA) is 17.1 Å². The summed E-state index contributed by atoms with van der Waals surface area (Å²) in [6.07, 6.45) is 4.96. The third-order valence-corrected chi connectivity index (χ3v) is 3.02. The van der Waals surface area contributed by atoms with E-state index in [1.54, 1.807) is 0 Å². The first-order valence-electron chi connectivity index (χ1n) is 5.57. The molecule has 0 aliphatic heterocycles. The van der Waals surface area contributed by atoms with Crippen molar-refractivity contribution >= 4 is 11.9 Å². The summed E-state index contributed by atoms with van der Waals surface area (Å²) < 4.78 is 0. The summed E-state index contributed by atoms with van der Waals surface area (Å²) in [7, 11) is 0. The molecule has 1 saturated carbocycles. The van der Waals surface area contributed by atoms with Gasteiger partial charge in [-0.3, -0.25) is 4.79 Å². The molecule has 1 unspecified atom stereocenters. The normalized spacial score (nSPS) is 24.5. The average Bonchev–Trinajstić information content (AvgIpc) is 2.25. The number of ketones is 1. The van der Waals surface area contributed by atoms with Gasteiger partial charge in [-0.05, 0) is 36.0 Å². The molecule has 0 N–H and O–H groups in total. The van der Waals surface area contributed by atoms with Gasteiger partial charge in [-0.15, -0.1) is 0 Å². The van der Waals surface area contributed by atoms with E-state index in [9.17, 15) is 4.79 Å². The second-order valence-electron chi connectivity index (χ2n) is 4.23. The van der Waals surface area contributed by atoms with Crippen molar-refractivity contribution in [1.29, 1.82) is 0 Å². The summed E-state index contributed by atoms with van der Waals surface area (Å²) in [5, 5.41) is 0. The molecule has 1 nitrogen and oxygen atoms in total. The van der Waals surface area contributed by atoms with Gasteiger partial charge in [0.25, 0.3) is 0 Å². The Hall–Kier alpha value is -1.37. The summed E-state index contributed by atoms with van der Waals surface area (Å²) in [6.45, 7) is 2.14. The molecule has 1 aliphatic carbocycles. The molecule has 1 heteroatoms. The van der Waals surface area contributed by atoms with Gasteiger partial charge in [-0.2, -0.15) is 0 Å². The molecule has 0 aromatic heterocycles. The molecule has 1 atom stereocenters. The van der Waals surface area contributed by atoms with Crippen LogP contribution < -0.4 is 0 Å². The molecular formula is C14H16O. The van der Waals surface area contributed by atoms with Crippen LogP contribution in [0.4, 0.5) is 0 Å². The van der Waals surface area contributed by atoms with Crippen molar-refractivity contribution in [3.05, 3.63) is 41.5 Å². The van der Waals surface area contributed by atoms with Gasteiger partial charge in [-0.1, -0.05) is 37.3 Å². The van der Waals surface area contributed by atoms with Gasteiger partial charge in [0.1, 0.15) is 0 Å². The zero-order valence-electron chi connectivity index (χ0n) is 9.07. The van der Waals surface area contributed by atoms with Crippen LogP contribution >= 0.6 is 0 Å². The number of carbonyl (C=O) groups excluding carboxylic acids is 1. The summed E-state index contributed by atoms with van der Waals surface area (Å²) in [4.78, 5) is 11.7. The molecule has 0 amide bonds. The molecule has 0 radical (unpaired) electrons. The van der Waals surface area contributed by atoms with Gasteiger partial charge in [0.2, 0.25) is 0 Å². The monoisotopic (exact) mass is 200 g/mol. The highest BCUT2D eigenvalue weighted by Crippen LogP contribution is 2.27. The molecule has 78 valence electrons.